The van der Waals surface area contributed by atoms with Crippen molar-refractivity contribution in [3.8, 4) is 0 Å². The minimum absolute atomic E-state index is 0.475. The lowest BCUT2D eigenvalue weighted by molar-refractivity contribution is -0.153. The molecule has 1 rings (SSSR count). The van der Waals surface area contributed by atoms with Crippen molar-refractivity contribution in [1.29, 1.82) is 0 Å². The summed E-state index contributed by atoms with van der Waals surface area (Å²) in [6, 6.07) is 0. The highest BCUT2D eigenvalue weighted by Gasteiger charge is 2.35. The van der Waals surface area contributed by atoms with E-state index in [0.29, 0.717) is 6.20 Å². The van der Waals surface area contributed by atoms with E-state index in [2.05, 4.69) is 4.42 Å². The average Bonchev–Trinajstić information content (AvgIpc) is 2.11. The van der Waals surface area contributed by atoms with Crippen LogP contribution in [0.4, 0.5) is 13.2 Å². The zero-order valence-electron chi connectivity index (χ0n) is 4.53. The van der Waals surface area contributed by atoms with Crippen LogP contribution in [0.2, 0.25) is 0 Å². The molecule has 1 aromatic rings. The van der Waals surface area contributed by atoms with Gasteiger partial charge in [0.1, 0.15) is 0 Å². The van der Waals surface area contributed by atoms with Crippen LogP contribution in [-0.4, -0.2) is 4.98 Å². The van der Waals surface area contributed by atoms with Gasteiger partial charge in [-0.25, -0.2) is 4.79 Å². The third-order valence-corrected chi connectivity index (χ3v) is 0.803. The Morgan fingerprint density at radius 2 is 2.10 bits per heavy atom. The molecule has 0 saturated carbocycles. The van der Waals surface area contributed by atoms with Crippen molar-refractivity contribution in [1.82, 2.24) is 4.98 Å². The van der Waals surface area contributed by atoms with Crippen LogP contribution >= 0.6 is 0 Å². The predicted molar refractivity (Wildman–Crippen MR) is 24.3 cm³/mol. The van der Waals surface area contributed by atoms with Crippen molar-refractivity contribution in [2.24, 2.45) is 0 Å². The summed E-state index contributed by atoms with van der Waals surface area (Å²) in [6.07, 6.45) is -4.11. The second-order valence-electron chi connectivity index (χ2n) is 1.54. The maximum atomic E-state index is 11.5. The third kappa shape index (κ3) is 1.20. The predicted octanol–water partition coefficient (Wildman–Crippen LogP) is 0.987. The van der Waals surface area contributed by atoms with E-state index in [1.165, 1.54) is 0 Å². The number of hydrogen-bond donors (Lipinski definition) is 1. The lowest BCUT2D eigenvalue weighted by Crippen LogP contribution is -2.03. The van der Waals surface area contributed by atoms with E-state index in [0.717, 1.165) is 0 Å². The topological polar surface area (TPSA) is 46.0 Å². The largest absolute Gasteiger partial charge is 0.451 e. The molecule has 0 aliphatic rings. The average molecular weight is 153 g/mol. The summed E-state index contributed by atoms with van der Waals surface area (Å²) in [5.74, 6) is -2.41. The molecule has 0 aliphatic carbocycles. The van der Waals surface area contributed by atoms with Gasteiger partial charge in [0.15, 0.2) is 0 Å². The van der Waals surface area contributed by atoms with Crippen LogP contribution in [0, 0.1) is 0 Å². The van der Waals surface area contributed by atoms with Crippen molar-refractivity contribution in [3.63, 3.8) is 0 Å². The van der Waals surface area contributed by atoms with Gasteiger partial charge in [0.25, 0.3) is 0 Å². The lowest BCUT2D eigenvalue weighted by Gasteiger charge is -1.97. The molecule has 6 heteroatoms. The van der Waals surface area contributed by atoms with E-state index < -0.39 is 17.7 Å². The van der Waals surface area contributed by atoms with Crippen LogP contribution in [0.3, 0.4) is 0 Å². The van der Waals surface area contributed by atoms with Crippen molar-refractivity contribution in [2.45, 2.75) is 6.18 Å². The van der Waals surface area contributed by atoms with Gasteiger partial charge in [-0.2, -0.15) is 13.2 Å². The molecule has 0 aliphatic heterocycles. The summed E-state index contributed by atoms with van der Waals surface area (Å²) in [5, 5.41) is 0. The first kappa shape index (κ1) is 6.91. The number of hydrogen-bond acceptors (Lipinski definition) is 2. The molecule has 1 heterocycles. The summed E-state index contributed by atoms with van der Waals surface area (Å²) in [7, 11) is 0. The number of oxazole rings is 1. The fraction of sp³-hybridized carbons (Fsp3) is 0.250. The van der Waals surface area contributed by atoms with Crippen molar-refractivity contribution in [2.75, 3.05) is 0 Å². The number of alkyl halides is 3. The molecular weight excluding hydrogens is 151 g/mol. The Bertz CT molecular complexity index is 271. The highest BCUT2D eigenvalue weighted by atomic mass is 19.4. The first-order chi connectivity index (χ1) is 4.50. The number of aromatic nitrogens is 1. The molecule has 0 unspecified atom stereocenters. The number of aromatic amines is 1. The van der Waals surface area contributed by atoms with E-state index >= 15 is 0 Å². The van der Waals surface area contributed by atoms with Crippen LogP contribution < -0.4 is 5.76 Å². The van der Waals surface area contributed by atoms with Gasteiger partial charge < -0.3 is 4.42 Å². The molecule has 56 valence electrons. The molecular formula is C4H2F3NO2. The summed E-state index contributed by atoms with van der Waals surface area (Å²) in [5.41, 5.74) is 0. The molecule has 1 aromatic heterocycles. The number of rotatable bonds is 0. The molecule has 1 N–H and O–H groups in total. The van der Waals surface area contributed by atoms with E-state index in [4.69, 9.17) is 0 Å². The molecule has 0 spiro atoms. The van der Waals surface area contributed by atoms with Gasteiger partial charge in [-0.15, -0.1) is 0 Å². The fourth-order valence-corrected chi connectivity index (χ4v) is 0.423. The van der Waals surface area contributed by atoms with E-state index in [9.17, 15) is 18.0 Å². The zero-order chi connectivity index (χ0) is 7.78. The smallest absolute Gasteiger partial charge is 0.403 e. The van der Waals surface area contributed by atoms with Crippen LogP contribution in [0.1, 0.15) is 5.76 Å². The van der Waals surface area contributed by atoms with E-state index in [-0.39, 0.29) is 0 Å². The number of nitrogens with one attached hydrogen (secondary N) is 1. The maximum Gasteiger partial charge on any atom is 0.451 e. The molecule has 0 atom stereocenters. The second kappa shape index (κ2) is 1.89. The lowest BCUT2D eigenvalue weighted by atomic mass is 10.5. The summed E-state index contributed by atoms with van der Waals surface area (Å²) in [4.78, 5) is 11.7. The summed E-state index contributed by atoms with van der Waals surface area (Å²) >= 11 is 0. The van der Waals surface area contributed by atoms with Crippen molar-refractivity contribution >= 4 is 0 Å². The van der Waals surface area contributed by atoms with E-state index in [1.807, 2.05) is 0 Å². The number of H-pyrrole nitrogens is 1. The summed E-state index contributed by atoms with van der Waals surface area (Å²) < 4.78 is 38.4. The second-order valence-corrected chi connectivity index (χ2v) is 1.54. The Kier molecular flexibility index (Phi) is 1.31. The molecule has 0 radical (unpaired) electrons. The molecule has 10 heavy (non-hydrogen) atoms. The van der Waals surface area contributed by atoms with Crippen LogP contribution in [0.25, 0.3) is 0 Å². The molecule has 3 nitrogen and oxygen atoms in total. The minimum Gasteiger partial charge on any atom is -0.403 e. The standard InChI is InChI=1S/C4H2F3NO2/c5-4(6,7)2-1-8-3(9)10-2/h1H,(H,8,9). The number of halogens is 3. The summed E-state index contributed by atoms with van der Waals surface area (Å²) in [6.45, 7) is 0. The molecule has 0 bridgehead atoms. The van der Waals surface area contributed by atoms with Crippen molar-refractivity contribution in [3.05, 3.63) is 22.5 Å². The SMILES string of the molecule is O=c1[nH]cc(C(F)(F)F)o1. The highest BCUT2D eigenvalue weighted by Crippen LogP contribution is 2.27. The van der Waals surface area contributed by atoms with E-state index in [1.54, 1.807) is 4.98 Å². The van der Waals surface area contributed by atoms with Gasteiger partial charge in [-0.05, 0) is 0 Å². The van der Waals surface area contributed by atoms with Gasteiger partial charge in [-0.3, -0.25) is 4.98 Å². The first-order valence-corrected chi connectivity index (χ1v) is 2.26. The van der Waals surface area contributed by atoms with Crippen molar-refractivity contribution < 1.29 is 17.6 Å². The Labute approximate surface area is 52.5 Å². The Hall–Kier alpha value is -1.20. The fourth-order valence-electron chi connectivity index (χ4n) is 0.423. The Morgan fingerprint density at radius 1 is 1.50 bits per heavy atom. The molecule has 0 aromatic carbocycles. The van der Waals surface area contributed by atoms with Crippen LogP contribution in [0.15, 0.2) is 15.4 Å². The monoisotopic (exact) mass is 153 g/mol. The maximum absolute atomic E-state index is 11.5. The molecule has 0 amide bonds. The quantitative estimate of drug-likeness (QED) is 0.603. The third-order valence-electron chi connectivity index (χ3n) is 0.803. The Morgan fingerprint density at radius 3 is 2.30 bits per heavy atom. The van der Waals surface area contributed by atoms with Crippen LogP contribution in [-0.2, 0) is 6.18 Å². The van der Waals surface area contributed by atoms with Gasteiger partial charge in [0.05, 0.1) is 6.20 Å². The highest BCUT2D eigenvalue weighted by molar-refractivity contribution is 4.93. The first-order valence-electron chi connectivity index (χ1n) is 2.26. The van der Waals surface area contributed by atoms with Gasteiger partial charge >= 0.3 is 11.9 Å². The normalized spacial score (nSPS) is 11.9. The van der Waals surface area contributed by atoms with Crippen LogP contribution in [0.5, 0.6) is 0 Å². The molecule has 0 saturated heterocycles. The minimum atomic E-state index is -4.58. The Balaban J connectivity index is 3.07. The molecule has 0 fully saturated rings. The van der Waals surface area contributed by atoms with Gasteiger partial charge in [0.2, 0.25) is 5.76 Å². The van der Waals surface area contributed by atoms with Gasteiger partial charge in [-0.1, -0.05) is 0 Å². The zero-order valence-corrected chi connectivity index (χ0v) is 4.53. The van der Waals surface area contributed by atoms with Gasteiger partial charge in [0, 0.05) is 0 Å².